The monoisotopic (exact) mass is 220 g/mol. The van der Waals surface area contributed by atoms with E-state index >= 15 is 0 Å². The smallest absolute Gasteiger partial charge is 0.221 e. The number of amides is 1. The van der Waals surface area contributed by atoms with Gasteiger partial charge in [-0.2, -0.15) is 0 Å². The van der Waals surface area contributed by atoms with E-state index in [-0.39, 0.29) is 5.91 Å². The first-order chi connectivity index (χ1) is 7.75. The molecule has 0 unspecified atom stereocenters. The summed E-state index contributed by atoms with van der Waals surface area (Å²) >= 11 is 0. The highest BCUT2D eigenvalue weighted by Crippen LogP contribution is 2.17. The molecule has 0 saturated carbocycles. The Morgan fingerprint density at radius 3 is 2.81 bits per heavy atom. The fourth-order valence-electron chi connectivity index (χ4n) is 1.89. The molecule has 1 aliphatic heterocycles. The Labute approximate surface area is 95.0 Å². The lowest BCUT2D eigenvalue weighted by Gasteiger charge is -2.29. The number of carbonyl (C=O) groups excluding carboxylic acids is 1. The minimum absolute atomic E-state index is 0.292. The fourth-order valence-corrected chi connectivity index (χ4v) is 1.89. The van der Waals surface area contributed by atoms with Gasteiger partial charge < -0.3 is 15.4 Å². The molecule has 2 rings (SSSR count). The van der Waals surface area contributed by atoms with Crippen LogP contribution < -0.4 is 10.6 Å². The molecule has 0 bridgehead atoms. The Morgan fingerprint density at radius 2 is 2.12 bits per heavy atom. The molecule has 4 nitrogen and oxygen atoms in total. The third-order valence-electron chi connectivity index (χ3n) is 2.67. The SMILES string of the molecule is NC(=O)Cc1cccc(N2CCOCC2)c1. The number of morpholine rings is 1. The van der Waals surface area contributed by atoms with Crippen molar-refractivity contribution in [3.8, 4) is 0 Å². The van der Waals surface area contributed by atoms with Crippen LogP contribution in [0.4, 0.5) is 5.69 Å². The minimum Gasteiger partial charge on any atom is -0.378 e. The molecule has 1 heterocycles. The highest BCUT2D eigenvalue weighted by atomic mass is 16.5. The van der Waals surface area contributed by atoms with E-state index in [9.17, 15) is 4.79 Å². The third kappa shape index (κ3) is 2.73. The van der Waals surface area contributed by atoms with E-state index in [4.69, 9.17) is 10.5 Å². The Morgan fingerprint density at radius 1 is 1.38 bits per heavy atom. The first kappa shape index (κ1) is 11.0. The molecule has 1 aromatic rings. The Balaban J connectivity index is 2.11. The van der Waals surface area contributed by atoms with Gasteiger partial charge in [0.15, 0.2) is 0 Å². The highest BCUT2D eigenvalue weighted by Gasteiger charge is 2.11. The molecular formula is C12H16N2O2. The van der Waals surface area contributed by atoms with Crippen molar-refractivity contribution in [3.05, 3.63) is 29.8 Å². The summed E-state index contributed by atoms with van der Waals surface area (Å²) in [6.45, 7) is 3.33. The Kier molecular flexibility index (Phi) is 3.41. The van der Waals surface area contributed by atoms with Crippen molar-refractivity contribution in [1.29, 1.82) is 0 Å². The molecule has 1 aliphatic rings. The summed E-state index contributed by atoms with van der Waals surface area (Å²) in [4.78, 5) is 13.1. The van der Waals surface area contributed by atoms with Crippen molar-refractivity contribution in [1.82, 2.24) is 0 Å². The summed E-state index contributed by atoms with van der Waals surface area (Å²) in [6, 6.07) is 7.96. The second-order valence-corrected chi connectivity index (χ2v) is 3.91. The van der Waals surface area contributed by atoms with Gasteiger partial charge in [0.05, 0.1) is 19.6 Å². The number of rotatable bonds is 3. The van der Waals surface area contributed by atoms with Gasteiger partial charge in [-0.15, -0.1) is 0 Å². The van der Waals surface area contributed by atoms with Crippen LogP contribution in [0.2, 0.25) is 0 Å². The van der Waals surface area contributed by atoms with Gasteiger partial charge in [0.25, 0.3) is 0 Å². The highest BCUT2D eigenvalue weighted by molar-refractivity contribution is 5.77. The quantitative estimate of drug-likeness (QED) is 0.809. The molecule has 0 radical (unpaired) electrons. The van der Waals surface area contributed by atoms with Crippen LogP contribution in [0.3, 0.4) is 0 Å². The van der Waals surface area contributed by atoms with Crippen LogP contribution in [-0.4, -0.2) is 32.2 Å². The predicted molar refractivity (Wildman–Crippen MR) is 62.4 cm³/mol. The number of ether oxygens (including phenoxy) is 1. The molecule has 0 aliphatic carbocycles. The Hall–Kier alpha value is -1.55. The van der Waals surface area contributed by atoms with Crippen LogP contribution in [0.1, 0.15) is 5.56 Å². The number of nitrogens with zero attached hydrogens (tertiary/aromatic N) is 1. The second kappa shape index (κ2) is 4.99. The summed E-state index contributed by atoms with van der Waals surface area (Å²) < 4.78 is 5.30. The van der Waals surface area contributed by atoms with Gasteiger partial charge in [0.2, 0.25) is 5.91 Å². The number of hydrogen-bond donors (Lipinski definition) is 1. The van der Waals surface area contributed by atoms with Gasteiger partial charge in [-0.25, -0.2) is 0 Å². The minimum atomic E-state index is -0.292. The molecule has 1 amide bonds. The number of nitrogens with two attached hydrogens (primary N) is 1. The maximum Gasteiger partial charge on any atom is 0.221 e. The molecule has 1 saturated heterocycles. The first-order valence-corrected chi connectivity index (χ1v) is 5.45. The van der Waals surface area contributed by atoms with Crippen LogP contribution in [0.25, 0.3) is 0 Å². The van der Waals surface area contributed by atoms with Crippen molar-refractivity contribution >= 4 is 11.6 Å². The zero-order chi connectivity index (χ0) is 11.4. The van der Waals surface area contributed by atoms with Crippen molar-refractivity contribution in [2.24, 2.45) is 5.73 Å². The number of carbonyl (C=O) groups is 1. The van der Waals surface area contributed by atoms with Crippen molar-refractivity contribution in [3.63, 3.8) is 0 Å². The van der Waals surface area contributed by atoms with Gasteiger partial charge in [-0.05, 0) is 17.7 Å². The molecule has 0 atom stereocenters. The van der Waals surface area contributed by atoms with E-state index in [1.807, 2.05) is 18.2 Å². The van der Waals surface area contributed by atoms with E-state index in [2.05, 4.69) is 11.0 Å². The van der Waals surface area contributed by atoms with Crippen LogP contribution >= 0.6 is 0 Å². The zero-order valence-electron chi connectivity index (χ0n) is 9.19. The first-order valence-electron chi connectivity index (χ1n) is 5.45. The van der Waals surface area contributed by atoms with Crippen LogP contribution in [0.15, 0.2) is 24.3 Å². The van der Waals surface area contributed by atoms with E-state index in [0.29, 0.717) is 6.42 Å². The van der Waals surface area contributed by atoms with Crippen molar-refractivity contribution in [2.75, 3.05) is 31.2 Å². The lowest BCUT2D eigenvalue weighted by atomic mass is 10.1. The summed E-state index contributed by atoms with van der Waals surface area (Å²) in [6.07, 6.45) is 0.304. The number of anilines is 1. The molecule has 4 heteroatoms. The van der Waals surface area contributed by atoms with Crippen molar-refractivity contribution < 1.29 is 9.53 Å². The molecule has 2 N–H and O–H groups in total. The van der Waals surface area contributed by atoms with E-state index in [0.717, 1.165) is 37.6 Å². The standard InChI is InChI=1S/C12H16N2O2/c13-12(15)9-10-2-1-3-11(8-10)14-4-6-16-7-5-14/h1-3,8H,4-7,9H2,(H2,13,15). The molecule has 1 aromatic carbocycles. The van der Waals surface area contributed by atoms with Gasteiger partial charge in [0.1, 0.15) is 0 Å². The average molecular weight is 220 g/mol. The summed E-state index contributed by atoms with van der Waals surface area (Å²) in [5.74, 6) is -0.292. The third-order valence-corrected chi connectivity index (χ3v) is 2.67. The maximum absolute atomic E-state index is 10.8. The zero-order valence-corrected chi connectivity index (χ0v) is 9.19. The predicted octanol–water partition coefficient (Wildman–Crippen LogP) is 0.551. The fraction of sp³-hybridized carbons (Fsp3) is 0.417. The second-order valence-electron chi connectivity index (χ2n) is 3.91. The Bertz CT molecular complexity index is 373. The normalized spacial score (nSPS) is 16.1. The lowest BCUT2D eigenvalue weighted by Crippen LogP contribution is -2.36. The van der Waals surface area contributed by atoms with Gasteiger partial charge in [0, 0.05) is 18.8 Å². The molecule has 86 valence electrons. The van der Waals surface area contributed by atoms with E-state index in [1.54, 1.807) is 0 Å². The van der Waals surface area contributed by atoms with Gasteiger partial charge in [-0.1, -0.05) is 12.1 Å². The molecule has 0 spiro atoms. The van der Waals surface area contributed by atoms with E-state index < -0.39 is 0 Å². The molecule has 1 fully saturated rings. The van der Waals surface area contributed by atoms with Crippen LogP contribution in [0.5, 0.6) is 0 Å². The molecular weight excluding hydrogens is 204 g/mol. The summed E-state index contributed by atoms with van der Waals surface area (Å²) in [5, 5.41) is 0. The largest absolute Gasteiger partial charge is 0.378 e. The number of hydrogen-bond acceptors (Lipinski definition) is 3. The average Bonchev–Trinajstić information content (AvgIpc) is 2.30. The van der Waals surface area contributed by atoms with Crippen LogP contribution in [0, 0.1) is 0 Å². The van der Waals surface area contributed by atoms with Gasteiger partial charge >= 0.3 is 0 Å². The van der Waals surface area contributed by atoms with Crippen molar-refractivity contribution in [2.45, 2.75) is 6.42 Å². The van der Waals surface area contributed by atoms with Gasteiger partial charge in [-0.3, -0.25) is 4.79 Å². The number of benzene rings is 1. The summed E-state index contributed by atoms with van der Waals surface area (Å²) in [7, 11) is 0. The topological polar surface area (TPSA) is 55.6 Å². The maximum atomic E-state index is 10.8. The lowest BCUT2D eigenvalue weighted by molar-refractivity contribution is -0.117. The summed E-state index contributed by atoms with van der Waals surface area (Å²) in [5.41, 5.74) is 7.29. The number of primary amides is 1. The molecule has 0 aromatic heterocycles. The van der Waals surface area contributed by atoms with E-state index in [1.165, 1.54) is 0 Å². The van der Waals surface area contributed by atoms with Crippen LogP contribution in [-0.2, 0) is 16.0 Å². The molecule has 16 heavy (non-hydrogen) atoms.